The smallest absolute Gasteiger partial charge is 0.253 e. The van der Waals surface area contributed by atoms with E-state index in [9.17, 15) is 9.90 Å². The van der Waals surface area contributed by atoms with Gasteiger partial charge in [-0.05, 0) is 49.2 Å². The number of hydrogen-bond donors (Lipinski definition) is 1. The average Bonchev–Trinajstić information content (AvgIpc) is 2.96. The molecule has 0 aromatic heterocycles. The Balaban J connectivity index is 1.70. The maximum atomic E-state index is 12.3. The second kappa shape index (κ2) is 6.55. The summed E-state index contributed by atoms with van der Waals surface area (Å²) in [6, 6.07) is 16.0. The highest BCUT2D eigenvalue weighted by molar-refractivity contribution is 7.99. The van der Waals surface area contributed by atoms with Gasteiger partial charge in [0.1, 0.15) is 0 Å². The molecule has 3 nitrogen and oxygen atoms in total. The minimum Gasteiger partial charge on any atom is -0.391 e. The molecule has 0 bridgehead atoms. The SMILES string of the molecule is Cc1ccccc1Sc1ccc(C(=O)N2CC[C@@H](O)C2)cc1. The highest BCUT2D eigenvalue weighted by atomic mass is 32.2. The highest BCUT2D eigenvalue weighted by Crippen LogP contribution is 2.30. The van der Waals surface area contributed by atoms with E-state index < -0.39 is 0 Å². The van der Waals surface area contributed by atoms with Gasteiger partial charge in [-0.25, -0.2) is 0 Å². The molecule has 0 aliphatic carbocycles. The molecule has 22 heavy (non-hydrogen) atoms. The van der Waals surface area contributed by atoms with Crippen molar-refractivity contribution in [3.05, 3.63) is 59.7 Å². The molecule has 4 heteroatoms. The molecule has 2 aromatic carbocycles. The fourth-order valence-electron chi connectivity index (χ4n) is 2.57. The fraction of sp³-hybridized carbons (Fsp3) is 0.278. The first-order valence-electron chi connectivity index (χ1n) is 7.44. The van der Waals surface area contributed by atoms with E-state index in [4.69, 9.17) is 0 Å². The van der Waals surface area contributed by atoms with E-state index in [2.05, 4.69) is 19.1 Å². The van der Waals surface area contributed by atoms with Crippen molar-refractivity contribution in [3.8, 4) is 0 Å². The van der Waals surface area contributed by atoms with Crippen molar-refractivity contribution in [2.75, 3.05) is 13.1 Å². The first-order chi connectivity index (χ1) is 10.6. The van der Waals surface area contributed by atoms with E-state index in [-0.39, 0.29) is 12.0 Å². The molecule has 1 fully saturated rings. The standard InChI is InChI=1S/C18H19NO2S/c1-13-4-2-3-5-17(13)22-16-8-6-14(7-9-16)18(21)19-11-10-15(20)12-19/h2-9,15,20H,10-12H2,1H3/t15-/m1/s1. The van der Waals surface area contributed by atoms with Crippen LogP contribution in [-0.2, 0) is 0 Å². The summed E-state index contributed by atoms with van der Waals surface area (Å²) in [5.74, 6) is 0.00370. The second-order valence-electron chi connectivity index (χ2n) is 5.59. The largest absolute Gasteiger partial charge is 0.391 e. The summed E-state index contributed by atoms with van der Waals surface area (Å²) in [5.41, 5.74) is 1.93. The van der Waals surface area contributed by atoms with Gasteiger partial charge in [0.05, 0.1) is 6.10 Å². The van der Waals surface area contributed by atoms with Gasteiger partial charge in [-0.1, -0.05) is 30.0 Å². The number of aliphatic hydroxyl groups excluding tert-OH is 1. The third kappa shape index (κ3) is 3.34. The maximum absolute atomic E-state index is 12.3. The summed E-state index contributed by atoms with van der Waals surface area (Å²) in [5, 5.41) is 9.53. The normalized spacial score (nSPS) is 17.7. The van der Waals surface area contributed by atoms with Crippen LogP contribution in [0.15, 0.2) is 58.3 Å². The topological polar surface area (TPSA) is 40.5 Å². The molecule has 1 aliphatic heterocycles. The number of likely N-dealkylation sites (tertiary alicyclic amines) is 1. The summed E-state index contributed by atoms with van der Waals surface area (Å²) in [6.45, 7) is 3.18. The number of nitrogens with zero attached hydrogens (tertiary/aromatic N) is 1. The fourth-order valence-corrected chi connectivity index (χ4v) is 3.47. The Hall–Kier alpha value is -1.78. The molecule has 114 valence electrons. The third-order valence-electron chi connectivity index (χ3n) is 3.87. The highest BCUT2D eigenvalue weighted by Gasteiger charge is 2.25. The van der Waals surface area contributed by atoms with Crippen LogP contribution in [0.4, 0.5) is 0 Å². The third-order valence-corrected chi connectivity index (χ3v) is 5.06. The number of aliphatic hydroxyl groups is 1. The lowest BCUT2D eigenvalue weighted by Crippen LogP contribution is -2.29. The van der Waals surface area contributed by atoms with Gasteiger partial charge in [0.15, 0.2) is 0 Å². The molecule has 1 amide bonds. The summed E-state index contributed by atoms with van der Waals surface area (Å²) in [4.78, 5) is 16.4. The lowest BCUT2D eigenvalue weighted by atomic mass is 10.2. The number of hydrogen-bond acceptors (Lipinski definition) is 3. The van der Waals surface area contributed by atoms with Gasteiger partial charge in [0.2, 0.25) is 0 Å². The predicted molar refractivity (Wildman–Crippen MR) is 88.3 cm³/mol. The zero-order valence-electron chi connectivity index (χ0n) is 12.5. The summed E-state index contributed by atoms with van der Waals surface area (Å²) >= 11 is 1.70. The van der Waals surface area contributed by atoms with Crippen molar-refractivity contribution < 1.29 is 9.90 Å². The van der Waals surface area contributed by atoms with E-state index in [1.807, 2.05) is 36.4 Å². The summed E-state index contributed by atoms with van der Waals surface area (Å²) in [6.07, 6.45) is 0.298. The Morgan fingerprint density at radius 3 is 2.55 bits per heavy atom. The van der Waals surface area contributed by atoms with E-state index >= 15 is 0 Å². The Morgan fingerprint density at radius 2 is 1.91 bits per heavy atom. The molecule has 1 N–H and O–H groups in total. The number of amides is 1. The van der Waals surface area contributed by atoms with Crippen LogP contribution >= 0.6 is 11.8 Å². The zero-order valence-corrected chi connectivity index (χ0v) is 13.3. The average molecular weight is 313 g/mol. The van der Waals surface area contributed by atoms with Crippen LogP contribution in [-0.4, -0.2) is 35.1 Å². The number of benzene rings is 2. The Bertz CT molecular complexity index is 669. The Labute approximate surface area is 135 Å². The van der Waals surface area contributed by atoms with Crippen LogP contribution in [0.2, 0.25) is 0 Å². The lowest BCUT2D eigenvalue weighted by Gasteiger charge is -2.15. The van der Waals surface area contributed by atoms with Gasteiger partial charge in [0.25, 0.3) is 5.91 Å². The molecule has 3 rings (SSSR count). The molecule has 2 aromatic rings. The quantitative estimate of drug-likeness (QED) is 0.944. The Morgan fingerprint density at radius 1 is 1.18 bits per heavy atom. The number of β-amino-alcohol motifs (C(OH)–C–C–N with tert-alkyl or cyclic N) is 1. The molecular formula is C18H19NO2S. The Kier molecular flexibility index (Phi) is 4.50. The number of carbonyl (C=O) groups is 1. The molecule has 1 aliphatic rings. The minimum atomic E-state index is -0.375. The molecule has 0 spiro atoms. The second-order valence-corrected chi connectivity index (χ2v) is 6.70. The van der Waals surface area contributed by atoms with Crippen molar-refractivity contribution in [2.45, 2.75) is 29.2 Å². The molecule has 1 atom stereocenters. The van der Waals surface area contributed by atoms with Crippen LogP contribution in [0, 0.1) is 6.92 Å². The summed E-state index contributed by atoms with van der Waals surface area (Å²) < 4.78 is 0. The van der Waals surface area contributed by atoms with Gasteiger partial charge >= 0.3 is 0 Å². The van der Waals surface area contributed by atoms with E-state index in [1.165, 1.54) is 10.5 Å². The van der Waals surface area contributed by atoms with E-state index in [0.29, 0.717) is 25.1 Å². The van der Waals surface area contributed by atoms with E-state index in [1.54, 1.807) is 16.7 Å². The first-order valence-corrected chi connectivity index (χ1v) is 8.26. The van der Waals surface area contributed by atoms with Gasteiger partial charge < -0.3 is 10.0 Å². The molecule has 0 radical (unpaired) electrons. The van der Waals surface area contributed by atoms with Crippen molar-refractivity contribution in [1.82, 2.24) is 4.90 Å². The van der Waals surface area contributed by atoms with Crippen LogP contribution in [0.25, 0.3) is 0 Å². The molecule has 0 saturated carbocycles. The first kappa shape index (κ1) is 15.1. The minimum absolute atomic E-state index is 0.00370. The molecule has 0 unspecified atom stereocenters. The van der Waals surface area contributed by atoms with Crippen LogP contribution in [0.5, 0.6) is 0 Å². The number of carbonyl (C=O) groups excluding carboxylic acids is 1. The van der Waals surface area contributed by atoms with Crippen LogP contribution in [0.1, 0.15) is 22.3 Å². The van der Waals surface area contributed by atoms with Crippen molar-refractivity contribution in [3.63, 3.8) is 0 Å². The van der Waals surface area contributed by atoms with Crippen molar-refractivity contribution in [1.29, 1.82) is 0 Å². The molecule has 1 heterocycles. The van der Waals surface area contributed by atoms with Gasteiger partial charge in [0, 0.05) is 28.4 Å². The van der Waals surface area contributed by atoms with Gasteiger partial charge in [-0.3, -0.25) is 4.79 Å². The maximum Gasteiger partial charge on any atom is 0.253 e. The van der Waals surface area contributed by atoms with Crippen LogP contribution in [0.3, 0.4) is 0 Å². The van der Waals surface area contributed by atoms with Crippen molar-refractivity contribution in [2.24, 2.45) is 0 Å². The van der Waals surface area contributed by atoms with Gasteiger partial charge in [-0.2, -0.15) is 0 Å². The number of aryl methyl sites for hydroxylation is 1. The lowest BCUT2D eigenvalue weighted by molar-refractivity contribution is 0.0765. The van der Waals surface area contributed by atoms with Crippen molar-refractivity contribution >= 4 is 17.7 Å². The number of rotatable bonds is 3. The zero-order chi connectivity index (χ0) is 15.5. The molecule has 1 saturated heterocycles. The van der Waals surface area contributed by atoms with Crippen LogP contribution < -0.4 is 0 Å². The monoisotopic (exact) mass is 313 g/mol. The molecular weight excluding hydrogens is 294 g/mol. The summed E-state index contributed by atoms with van der Waals surface area (Å²) in [7, 11) is 0. The predicted octanol–water partition coefficient (Wildman–Crippen LogP) is 3.35. The van der Waals surface area contributed by atoms with Gasteiger partial charge in [-0.15, -0.1) is 0 Å². The van der Waals surface area contributed by atoms with E-state index in [0.717, 1.165) is 4.90 Å².